The van der Waals surface area contributed by atoms with Gasteiger partial charge < -0.3 is 9.72 Å². The number of ether oxygens (including phenoxy) is 1. The first kappa shape index (κ1) is 15.0. The second-order valence-corrected chi connectivity index (χ2v) is 5.23. The molecular formula is C19H16FNO2. The van der Waals surface area contributed by atoms with Crippen LogP contribution < -0.4 is 10.3 Å². The van der Waals surface area contributed by atoms with Crippen molar-refractivity contribution in [2.75, 3.05) is 7.11 Å². The lowest BCUT2D eigenvalue weighted by atomic mass is 9.96. The SMILES string of the molecule is COc1ccc(-c2cc[nH]c(=O)c2Cc2cccc(F)c2)cc1. The molecule has 1 aromatic heterocycles. The summed E-state index contributed by atoms with van der Waals surface area (Å²) in [6.45, 7) is 0. The average molecular weight is 309 g/mol. The van der Waals surface area contributed by atoms with Crippen LogP contribution in [0.25, 0.3) is 11.1 Å². The molecule has 0 aliphatic heterocycles. The third-order valence-corrected chi connectivity index (χ3v) is 3.73. The first-order chi connectivity index (χ1) is 11.2. The Hall–Kier alpha value is -2.88. The van der Waals surface area contributed by atoms with Crippen LogP contribution >= 0.6 is 0 Å². The molecule has 0 saturated carbocycles. The van der Waals surface area contributed by atoms with Gasteiger partial charge in [0.1, 0.15) is 11.6 Å². The molecule has 0 unspecified atom stereocenters. The Morgan fingerprint density at radius 1 is 1.09 bits per heavy atom. The molecule has 3 rings (SSSR count). The first-order valence-corrected chi connectivity index (χ1v) is 7.27. The van der Waals surface area contributed by atoms with E-state index in [1.54, 1.807) is 19.4 Å². The number of aromatic amines is 1. The number of rotatable bonds is 4. The summed E-state index contributed by atoms with van der Waals surface area (Å²) < 4.78 is 18.5. The highest BCUT2D eigenvalue weighted by atomic mass is 19.1. The fourth-order valence-electron chi connectivity index (χ4n) is 2.58. The van der Waals surface area contributed by atoms with Crippen LogP contribution in [-0.2, 0) is 6.42 Å². The Bertz CT molecular complexity index is 869. The van der Waals surface area contributed by atoms with Crippen LogP contribution in [0.3, 0.4) is 0 Å². The second-order valence-electron chi connectivity index (χ2n) is 5.23. The van der Waals surface area contributed by atoms with Crippen molar-refractivity contribution in [1.82, 2.24) is 4.98 Å². The zero-order chi connectivity index (χ0) is 16.2. The van der Waals surface area contributed by atoms with Gasteiger partial charge in [0, 0.05) is 18.2 Å². The minimum absolute atomic E-state index is 0.164. The summed E-state index contributed by atoms with van der Waals surface area (Å²) >= 11 is 0. The summed E-state index contributed by atoms with van der Waals surface area (Å²) in [6.07, 6.45) is 1.99. The van der Waals surface area contributed by atoms with E-state index in [9.17, 15) is 9.18 Å². The second kappa shape index (κ2) is 6.48. The number of hydrogen-bond acceptors (Lipinski definition) is 2. The van der Waals surface area contributed by atoms with Crippen molar-refractivity contribution in [2.45, 2.75) is 6.42 Å². The van der Waals surface area contributed by atoms with Crippen molar-refractivity contribution >= 4 is 0 Å². The highest BCUT2D eigenvalue weighted by Gasteiger charge is 2.10. The fraction of sp³-hybridized carbons (Fsp3) is 0.105. The molecule has 2 aromatic carbocycles. The largest absolute Gasteiger partial charge is 0.497 e. The molecule has 0 aliphatic rings. The van der Waals surface area contributed by atoms with Gasteiger partial charge in [0.05, 0.1) is 7.11 Å². The summed E-state index contributed by atoms with van der Waals surface area (Å²) in [6, 6.07) is 15.7. The minimum Gasteiger partial charge on any atom is -0.497 e. The standard InChI is InChI=1S/C19H16FNO2/c1-23-16-7-5-14(6-8-16)17-9-10-21-19(22)18(17)12-13-3-2-4-15(20)11-13/h2-11H,12H2,1H3,(H,21,22). The summed E-state index contributed by atoms with van der Waals surface area (Å²) in [4.78, 5) is 14.9. The highest BCUT2D eigenvalue weighted by molar-refractivity contribution is 5.67. The number of methoxy groups -OCH3 is 1. The first-order valence-electron chi connectivity index (χ1n) is 7.27. The Kier molecular flexibility index (Phi) is 4.24. The van der Waals surface area contributed by atoms with Crippen molar-refractivity contribution in [3.63, 3.8) is 0 Å². The monoisotopic (exact) mass is 309 g/mol. The molecule has 4 heteroatoms. The molecule has 0 amide bonds. The van der Waals surface area contributed by atoms with E-state index in [1.165, 1.54) is 12.1 Å². The Balaban J connectivity index is 2.04. The molecule has 1 N–H and O–H groups in total. The van der Waals surface area contributed by atoms with Gasteiger partial charge in [0.25, 0.3) is 5.56 Å². The number of hydrogen-bond donors (Lipinski definition) is 1. The average Bonchev–Trinajstić information content (AvgIpc) is 2.57. The van der Waals surface area contributed by atoms with Crippen molar-refractivity contribution in [3.05, 3.63) is 88.1 Å². The van der Waals surface area contributed by atoms with E-state index in [-0.39, 0.29) is 11.4 Å². The van der Waals surface area contributed by atoms with Gasteiger partial charge in [0.15, 0.2) is 0 Å². The molecule has 3 aromatic rings. The molecule has 116 valence electrons. The van der Waals surface area contributed by atoms with Gasteiger partial charge in [-0.05, 0) is 47.0 Å². The molecule has 0 bridgehead atoms. The van der Waals surface area contributed by atoms with Crippen LogP contribution in [-0.4, -0.2) is 12.1 Å². The van der Waals surface area contributed by atoms with Crippen molar-refractivity contribution in [1.29, 1.82) is 0 Å². The third-order valence-electron chi connectivity index (χ3n) is 3.73. The van der Waals surface area contributed by atoms with E-state index in [2.05, 4.69) is 4.98 Å². The van der Waals surface area contributed by atoms with E-state index in [0.717, 1.165) is 22.4 Å². The molecular weight excluding hydrogens is 293 g/mol. The zero-order valence-corrected chi connectivity index (χ0v) is 12.7. The van der Waals surface area contributed by atoms with Crippen LogP contribution in [0, 0.1) is 5.82 Å². The van der Waals surface area contributed by atoms with Gasteiger partial charge >= 0.3 is 0 Å². The van der Waals surface area contributed by atoms with Gasteiger partial charge in [-0.2, -0.15) is 0 Å². The molecule has 1 heterocycles. The lowest BCUT2D eigenvalue weighted by molar-refractivity contribution is 0.415. The Morgan fingerprint density at radius 2 is 1.87 bits per heavy atom. The van der Waals surface area contributed by atoms with Gasteiger partial charge in [-0.15, -0.1) is 0 Å². The van der Waals surface area contributed by atoms with Crippen molar-refractivity contribution < 1.29 is 9.13 Å². The van der Waals surface area contributed by atoms with Gasteiger partial charge in [-0.3, -0.25) is 4.79 Å². The Labute approximate surface area is 133 Å². The zero-order valence-electron chi connectivity index (χ0n) is 12.7. The van der Waals surface area contributed by atoms with Crippen LogP contribution in [0.4, 0.5) is 4.39 Å². The van der Waals surface area contributed by atoms with Crippen molar-refractivity contribution in [3.8, 4) is 16.9 Å². The van der Waals surface area contributed by atoms with E-state index in [1.807, 2.05) is 36.4 Å². The van der Waals surface area contributed by atoms with E-state index in [4.69, 9.17) is 4.74 Å². The molecule has 3 nitrogen and oxygen atoms in total. The maximum atomic E-state index is 13.4. The van der Waals surface area contributed by atoms with Crippen LogP contribution in [0.15, 0.2) is 65.6 Å². The summed E-state index contributed by atoms with van der Waals surface area (Å²) in [5.74, 6) is 0.450. The quantitative estimate of drug-likeness (QED) is 0.797. The fourth-order valence-corrected chi connectivity index (χ4v) is 2.58. The molecule has 0 saturated heterocycles. The van der Waals surface area contributed by atoms with Crippen LogP contribution in [0.5, 0.6) is 5.75 Å². The van der Waals surface area contributed by atoms with E-state index < -0.39 is 0 Å². The number of aromatic nitrogens is 1. The predicted octanol–water partition coefficient (Wildman–Crippen LogP) is 3.78. The summed E-state index contributed by atoms with van der Waals surface area (Å²) in [5.41, 5.74) is 2.96. The van der Waals surface area contributed by atoms with E-state index >= 15 is 0 Å². The number of benzene rings is 2. The van der Waals surface area contributed by atoms with Crippen LogP contribution in [0.1, 0.15) is 11.1 Å². The maximum absolute atomic E-state index is 13.4. The van der Waals surface area contributed by atoms with Gasteiger partial charge in [-0.1, -0.05) is 24.3 Å². The number of halogens is 1. The molecule has 0 spiro atoms. The predicted molar refractivity (Wildman–Crippen MR) is 88.3 cm³/mol. The topological polar surface area (TPSA) is 42.1 Å². The highest BCUT2D eigenvalue weighted by Crippen LogP contribution is 2.25. The normalized spacial score (nSPS) is 10.5. The molecule has 0 fully saturated rings. The summed E-state index contributed by atoms with van der Waals surface area (Å²) in [5, 5.41) is 0. The number of H-pyrrole nitrogens is 1. The van der Waals surface area contributed by atoms with Gasteiger partial charge in [-0.25, -0.2) is 4.39 Å². The minimum atomic E-state index is -0.305. The molecule has 0 atom stereocenters. The lowest BCUT2D eigenvalue weighted by Gasteiger charge is -2.10. The van der Waals surface area contributed by atoms with Crippen LogP contribution in [0.2, 0.25) is 0 Å². The Morgan fingerprint density at radius 3 is 2.57 bits per heavy atom. The smallest absolute Gasteiger partial charge is 0.252 e. The van der Waals surface area contributed by atoms with Crippen molar-refractivity contribution in [2.24, 2.45) is 0 Å². The van der Waals surface area contributed by atoms with E-state index in [0.29, 0.717) is 12.0 Å². The lowest BCUT2D eigenvalue weighted by Crippen LogP contribution is -2.13. The third kappa shape index (κ3) is 3.31. The molecule has 23 heavy (non-hydrogen) atoms. The number of pyridine rings is 1. The number of nitrogens with one attached hydrogen (secondary N) is 1. The summed E-state index contributed by atoms with van der Waals surface area (Å²) in [7, 11) is 1.61. The van der Waals surface area contributed by atoms with Gasteiger partial charge in [0.2, 0.25) is 0 Å². The molecule has 0 radical (unpaired) electrons. The molecule has 0 aliphatic carbocycles. The maximum Gasteiger partial charge on any atom is 0.252 e.